The molecular weight excluding hydrogens is 394 g/mol. The Hall–Kier alpha value is -3.63. The summed E-state index contributed by atoms with van der Waals surface area (Å²) in [5.74, 6) is 1.85. The molecule has 0 fully saturated rings. The molecule has 160 valence electrons. The van der Waals surface area contributed by atoms with Crippen LogP contribution in [0.15, 0.2) is 91.0 Å². The summed E-state index contributed by atoms with van der Waals surface area (Å²) in [6, 6.07) is 31.7. The third kappa shape index (κ3) is 4.23. The van der Waals surface area contributed by atoms with Gasteiger partial charge in [-0.3, -0.25) is 0 Å². The van der Waals surface area contributed by atoms with E-state index in [0.717, 1.165) is 41.3 Å². The summed E-state index contributed by atoms with van der Waals surface area (Å²) < 4.78 is 8.32. The molecule has 32 heavy (non-hydrogen) atoms. The second-order valence-corrected chi connectivity index (χ2v) is 8.37. The summed E-state index contributed by atoms with van der Waals surface area (Å²) in [7, 11) is 4.11. The highest BCUT2D eigenvalue weighted by Crippen LogP contribution is 2.30. The van der Waals surface area contributed by atoms with E-state index in [2.05, 4.69) is 108 Å². The number of hydrogen-bond acceptors (Lipinski definition) is 3. The molecule has 0 aliphatic heterocycles. The fourth-order valence-corrected chi connectivity index (χ4v) is 4.01. The summed E-state index contributed by atoms with van der Waals surface area (Å²) in [4.78, 5) is 7.16. The standard InChI is InChI=1S/C28H27N3O/c1-30(2)16-17-32-25-14-15-26-27(19-25)31(20-21-8-4-3-5-9-21)28(29-26)24-13-12-22-10-6-7-11-23(22)18-24/h3-15,18-19H,16-17,20H2,1-2H3. The number of rotatable bonds is 7. The second-order valence-electron chi connectivity index (χ2n) is 8.37. The highest BCUT2D eigenvalue weighted by atomic mass is 16.5. The number of imidazole rings is 1. The molecule has 0 atom stereocenters. The van der Waals surface area contributed by atoms with Gasteiger partial charge in [-0.15, -0.1) is 0 Å². The molecule has 0 N–H and O–H groups in total. The maximum atomic E-state index is 6.02. The van der Waals surface area contributed by atoms with Gasteiger partial charge in [0.2, 0.25) is 0 Å². The normalized spacial score (nSPS) is 11.5. The number of nitrogens with zero attached hydrogens (tertiary/aromatic N) is 3. The van der Waals surface area contributed by atoms with Gasteiger partial charge in [0, 0.05) is 24.7 Å². The van der Waals surface area contributed by atoms with Crippen LogP contribution >= 0.6 is 0 Å². The van der Waals surface area contributed by atoms with Crippen molar-refractivity contribution in [3.05, 3.63) is 96.6 Å². The fraction of sp³-hybridized carbons (Fsp3) is 0.179. The van der Waals surface area contributed by atoms with Crippen molar-refractivity contribution in [1.82, 2.24) is 14.5 Å². The SMILES string of the molecule is CN(C)CCOc1ccc2nc(-c3ccc4ccccc4c3)n(Cc3ccccc3)c2c1. The zero-order valence-electron chi connectivity index (χ0n) is 18.5. The van der Waals surface area contributed by atoms with E-state index in [9.17, 15) is 0 Å². The molecule has 1 heterocycles. The predicted octanol–water partition coefficient (Wildman–Crippen LogP) is 5.85. The van der Waals surface area contributed by atoms with E-state index in [1.807, 2.05) is 6.07 Å². The Morgan fingerprint density at radius 3 is 2.41 bits per heavy atom. The molecule has 5 rings (SSSR count). The van der Waals surface area contributed by atoms with Crippen molar-refractivity contribution in [2.45, 2.75) is 6.54 Å². The summed E-state index contributed by atoms with van der Waals surface area (Å²) in [5.41, 5.74) is 4.42. The minimum Gasteiger partial charge on any atom is -0.492 e. The summed E-state index contributed by atoms with van der Waals surface area (Å²) in [5, 5.41) is 2.45. The van der Waals surface area contributed by atoms with Gasteiger partial charge in [-0.05, 0) is 48.6 Å². The maximum absolute atomic E-state index is 6.02. The van der Waals surface area contributed by atoms with Crippen molar-refractivity contribution in [2.24, 2.45) is 0 Å². The zero-order chi connectivity index (χ0) is 21.9. The molecule has 0 spiro atoms. The van der Waals surface area contributed by atoms with Gasteiger partial charge in [-0.1, -0.05) is 66.7 Å². The van der Waals surface area contributed by atoms with Gasteiger partial charge in [0.15, 0.2) is 0 Å². The predicted molar refractivity (Wildman–Crippen MR) is 132 cm³/mol. The lowest BCUT2D eigenvalue weighted by Crippen LogP contribution is -2.19. The Balaban J connectivity index is 1.60. The van der Waals surface area contributed by atoms with E-state index in [0.29, 0.717) is 6.61 Å². The lowest BCUT2D eigenvalue weighted by molar-refractivity contribution is 0.261. The summed E-state index contributed by atoms with van der Waals surface area (Å²) >= 11 is 0. The molecule has 0 saturated heterocycles. The number of aromatic nitrogens is 2. The van der Waals surface area contributed by atoms with Crippen LogP contribution in [0.4, 0.5) is 0 Å². The summed E-state index contributed by atoms with van der Waals surface area (Å²) in [6.07, 6.45) is 0. The highest BCUT2D eigenvalue weighted by Gasteiger charge is 2.15. The molecule has 4 aromatic carbocycles. The monoisotopic (exact) mass is 421 g/mol. The van der Waals surface area contributed by atoms with Crippen molar-refractivity contribution in [3.8, 4) is 17.1 Å². The lowest BCUT2D eigenvalue weighted by Gasteiger charge is -2.12. The number of ether oxygens (including phenoxy) is 1. The number of benzene rings is 4. The first-order chi connectivity index (χ1) is 15.7. The van der Waals surface area contributed by atoms with Gasteiger partial charge in [-0.2, -0.15) is 0 Å². The van der Waals surface area contributed by atoms with Crippen molar-refractivity contribution in [1.29, 1.82) is 0 Å². The molecule has 1 aromatic heterocycles. The van der Waals surface area contributed by atoms with Gasteiger partial charge in [0.1, 0.15) is 18.2 Å². The molecule has 4 heteroatoms. The van der Waals surface area contributed by atoms with Gasteiger partial charge in [-0.25, -0.2) is 4.98 Å². The van der Waals surface area contributed by atoms with E-state index in [1.54, 1.807) is 0 Å². The maximum Gasteiger partial charge on any atom is 0.141 e. The smallest absolute Gasteiger partial charge is 0.141 e. The van der Waals surface area contributed by atoms with E-state index < -0.39 is 0 Å². The summed E-state index contributed by atoms with van der Waals surface area (Å²) in [6.45, 7) is 2.28. The van der Waals surface area contributed by atoms with Crippen LogP contribution in [0.25, 0.3) is 33.2 Å². The van der Waals surface area contributed by atoms with Gasteiger partial charge < -0.3 is 14.2 Å². The average Bonchev–Trinajstić information content (AvgIpc) is 3.17. The van der Waals surface area contributed by atoms with Crippen molar-refractivity contribution >= 4 is 21.8 Å². The molecule has 0 aliphatic rings. The molecule has 0 bridgehead atoms. The zero-order valence-corrected chi connectivity index (χ0v) is 18.5. The van der Waals surface area contributed by atoms with Crippen LogP contribution in [0.5, 0.6) is 5.75 Å². The number of likely N-dealkylation sites (N-methyl/N-ethyl adjacent to an activating group) is 1. The third-order valence-corrected chi connectivity index (χ3v) is 5.72. The first kappa shape index (κ1) is 20.3. The molecular formula is C28H27N3O. The van der Waals surface area contributed by atoms with Crippen LogP contribution in [0.3, 0.4) is 0 Å². The Bertz CT molecular complexity index is 1360. The number of hydrogen-bond donors (Lipinski definition) is 0. The quantitative estimate of drug-likeness (QED) is 0.330. The van der Waals surface area contributed by atoms with Crippen LogP contribution in [-0.2, 0) is 6.54 Å². The Kier molecular flexibility index (Phi) is 5.61. The van der Waals surface area contributed by atoms with E-state index in [-0.39, 0.29) is 0 Å². The van der Waals surface area contributed by atoms with E-state index in [4.69, 9.17) is 9.72 Å². The first-order valence-electron chi connectivity index (χ1n) is 11.0. The molecule has 0 unspecified atom stereocenters. The Morgan fingerprint density at radius 1 is 0.812 bits per heavy atom. The molecule has 5 aromatic rings. The lowest BCUT2D eigenvalue weighted by atomic mass is 10.1. The highest BCUT2D eigenvalue weighted by molar-refractivity contribution is 5.88. The van der Waals surface area contributed by atoms with Crippen LogP contribution in [-0.4, -0.2) is 41.7 Å². The average molecular weight is 422 g/mol. The number of fused-ring (bicyclic) bond motifs is 2. The minimum absolute atomic E-state index is 0.656. The van der Waals surface area contributed by atoms with Crippen LogP contribution < -0.4 is 4.74 Å². The topological polar surface area (TPSA) is 30.3 Å². The largest absolute Gasteiger partial charge is 0.492 e. The Labute approximate surface area is 188 Å². The molecule has 0 amide bonds. The third-order valence-electron chi connectivity index (χ3n) is 5.72. The Morgan fingerprint density at radius 2 is 1.59 bits per heavy atom. The molecule has 4 nitrogen and oxygen atoms in total. The van der Waals surface area contributed by atoms with Gasteiger partial charge >= 0.3 is 0 Å². The van der Waals surface area contributed by atoms with Gasteiger partial charge in [0.25, 0.3) is 0 Å². The minimum atomic E-state index is 0.656. The van der Waals surface area contributed by atoms with Crippen molar-refractivity contribution in [2.75, 3.05) is 27.2 Å². The molecule has 0 saturated carbocycles. The molecule has 0 radical (unpaired) electrons. The van der Waals surface area contributed by atoms with Gasteiger partial charge in [0.05, 0.1) is 11.0 Å². The van der Waals surface area contributed by atoms with Crippen molar-refractivity contribution < 1.29 is 4.74 Å². The van der Waals surface area contributed by atoms with E-state index in [1.165, 1.54) is 16.3 Å². The fourth-order valence-electron chi connectivity index (χ4n) is 4.01. The van der Waals surface area contributed by atoms with Crippen LogP contribution in [0, 0.1) is 0 Å². The van der Waals surface area contributed by atoms with Crippen molar-refractivity contribution in [3.63, 3.8) is 0 Å². The second kappa shape index (κ2) is 8.85. The van der Waals surface area contributed by atoms with E-state index >= 15 is 0 Å². The first-order valence-corrected chi connectivity index (χ1v) is 11.0. The van der Waals surface area contributed by atoms with Crippen LogP contribution in [0.1, 0.15) is 5.56 Å². The molecule has 0 aliphatic carbocycles. The van der Waals surface area contributed by atoms with Crippen LogP contribution in [0.2, 0.25) is 0 Å².